The van der Waals surface area contributed by atoms with Crippen molar-refractivity contribution in [3.05, 3.63) is 22.8 Å². The molecule has 1 saturated carbocycles. The molecular formula is C21H32O2. The van der Waals surface area contributed by atoms with E-state index in [9.17, 15) is 0 Å². The van der Waals surface area contributed by atoms with Crippen molar-refractivity contribution >= 4 is 0 Å². The second kappa shape index (κ2) is 5.43. The fourth-order valence-electron chi connectivity index (χ4n) is 5.40. The predicted octanol–water partition coefficient (Wildman–Crippen LogP) is 5.47. The number of rotatable bonds is 3. The molecule has 0 saturated heterocycles. The van der Waals surface area contributed by atoms with Crippen LogP contribution in [0.1, 0.15) is 76.5 Å². The number of hydrogen-bond donors (Lipinski definition) is 0. The summed E-state index contributed by atoms with van der Waals surface area (Å²) in [6.07, 6.45) is 5.05. The highest BCUT2D eigenvalue weighted by atomic mass is 16.5. The minimum atomic E-state index is 0.233. The van der Waals surface area contributed by atoms with Crippen LogP contribution in [0, 0.1) is 11.3 Å². The fraction of sp³-hybridized carbons (Fsp3) is 0.714. The van der Waals surface area contributed by atoms with Crippen molar-refractivity contribution in [3.8, 4) is 11.5 Å². The third-order valence-corrected chi connectivity index (χ3v) is 7.03. The summed E-state index contributed by atoms with van der Waals surface area (Å²) in [6, 6.07) is 2.33. The maximum Gasteiger partial charge on any atom is 0.129 e. The zero-order valence-electron chi connectivity index (χ0n) is 15.9. The van der Waals surface area contributed by atoms with Gasteiger partial charge >= 0.3 is 0 Å². The quantitative estimate of drug-likeness (QED) is 0.736. The van der Waals surface area contributed by atoms with Crippen LogP contribution in [0.3, 0.4) is 0 Å². The number of fused-ring (bicyclic) bond motifs is 4. The molecule has 2 aliphatic carbocycles. The van der Waals surface area contributed by atoms with E-state index in [4.69, 9.17) is 9.47 Å². The lowest BCUT2D eigenvalue weighted by Crippen LogP contribution is -2.50. The topological polar surface area (TPSA) is 18.5 Å². The minimum absolute atomic E-state index is 0.233. The van der Waals surface area contributed by atoms with Crippen molar-refractivity contribution in [1.82, 2.24) is 0 Å². The van der Waals surface area contributed by atoms with Gasteiger partial charge in [-0.25, -0.2) is 0 Å². The first-order chi connectivity index (χ1) is 10.8. The Morgan fingerprint density at radius 1 is 1.13 bits per heavy atom. The van der Waals surface area contributed by atoms with Crippen LogP contribution in [-0.2, 0) is 11.8 Å². The molecule has 2 bridgehead atoms. The highest BCUT2D eigenvalue weighted by Crippen LogP contribution is 2.61. The third-order valence-electron chi connectivity index (χ3n) is 7.03. The van der Waals surface area contributed by atoms with Gasteiger partial charge in [0, 0.05) is 5.56 Å². The normalized spacial score (nSPS) is 32.6. The molecule has 3 atom stereocenters. The van der Waals surface area contributed by atoms with E-state index < -0.39 is 0 Å². The second-order valence-electron chi connectivity index (χ2n) is 8.53. The van der Waals surface area contributed by atoms with Crippen LogP contribution < -0.4 is 9.47 Å². The average Bonchev–Trinajstić information content (AvgIpc) is 2.50. The average molecular weight is 316 g/mol. The van der Waals surface area contributed by atoms with Crippen LogP contribution in [0.2, 0.25) is 0 Å². The summed E-state index contributed by atoms with van der Waals surface area (Å²) < 4.78 is 11.7. The molecule has 0 aliphatic heterocycles. The molecule has 3 rings (SSSR count). The molecule has 0 amide bonds. The van der Waals surface area contributed by atoms with Gasteiger partial charge in [0.25, 0.3) is 0 Å². The van der Waals surface area contributed by atoms with Crippen molar-refractivity contribution in [1.29, 1.82) is 0 Å². The first kappa shape index (κ1) is 16.7. The van der Waals surface area contributed by atoms with Gasteiger partial charge in [0.1, 0.15) is 11.5 Å². The summed E-state index contributed by atoms with van der Waals surface area (Å²) in [7, 11) is 3.60. The summed E-state index contributed by atoms with van der Waals surface area (Å²) in [5.74, 6) is 3.17. The van der Waals surface area contributed by atoms with Gasteiger partial charge in [0.2, 0.25) is 0 Å². The summed E-state index contributed by atoms with van der Waals surface area (Å²) in [5, 5.41) is 0. The lowest BCUT2D eigenvalue weighted by atomic mass is 9.48. The number of methoxy groups -OCH3 is 2. The van der Waals surface area contributed by atoms with Gasteiger partial charge in [0.05, 0.1) is 14.2 Å². The van der Waals surface area contributed by atoms with Crippen molar-refractivity contribution in [2.24, 2.45) is 11.3 Å². The Bertz CT molecular complexity index is 619. The van der Waals surface area contributed by atoms with Gasteiger partial charge in [-0.1, -0.05) is 41.0 Å². The molecule has 0 heterocycles. The first-order valence-electron chi connectivity index (χ1n) is 9.06. The number of benzene rings is 1. The van der Waals surface area contributed by atoms with E-state index in [2.05, 4.69) is 40.7 Å². The van der Waals surface area contributed by atoms with Crippen molar-refractivity contribution in [3.63, 3.8) is 0 Å². The van der Waals surface area contributed by atoms with Gasteiger partial charge in [-0.05, 0) is 59.1 Å². The fourth-order valence-corrected chi connectivity index (χ4v) is 5.40. The van der Waals surface area contributed by atoms with Crippen molar-refractivity contribution in [2.75, 3.05) is 14.2 Å². The number of hydrogen-bond acceptors (Lipinski definition) is 2. The van der Waals surface area contributed by atoms with Gasteiger partial charge in [-0.2, -0.15) is 0 Å². The monoisotopic (exact) mass is 316 g/mol. The largest absolute Gasteiger partial charge is 0.496 e. The molecule has 1 aromatic rings. The smallest absolute Gasteiger partial charge is 0.129 e. The van der Waals surface area contributed by atoms with E-state index in [1.165, 1.54) is 36.0 Å². The molecule has 2 heteroatoms. The zero-order valence-corrected chi connectivity index (χ0v) is 15.9. The van der Waals surface area contributed by atoms with Gasteiger partial charge in [-0.3, -0.25) is 0 Å². The standard InChI is InChI=1S/C21H32O2/c1-13(2)18-17(22-6)11-16-15(19(18)23-7)12-20(4)9-8-10-21(16,5)14(20)3/h11,13-14H,8-10,12H2,1-7H3/t14?,20-,21-/m0/s1. The summed E-state index contributed by atoms with van der Waals surface area (Å²) >= 11 is 0. The summed E-state index contributed by atoms with van der Waals surface area (Å²) in [5.41, 5.74) is 4.76. The van der Waals surface area contributed by atoms with Crippen molar-refractivity contribution < 1.29 is 9.47 Å². The zero-order chi connectivity index (χ0) is 17.0. The lowest BCUT2D eigenvalue weighted by molar-refractivity contribution is 0.0363. The van der Waals surface area contributed by atoms with Crippen LogP contribution in [0.25, 0.3) is 0 Å². The molecule has 0 aromatic heterocycles. The van der Waals surface area contributed by atoms with E-state index >= 15 is 0 Å². The molecule has 1 aromatic carbocycles. The Morgan fingerprint density at radius 2 is 1.83 bits per heavy atom. The maximum absolute atomic E-state index is 5.96. The molecule has 0 radical (unpaired) electrons. The molecule has 128 valence electrons. The summed E-state index contributed by atoms with van der Waals surface area (Å²) in [4.78, 5) is 0. The molecule has 2 aliphatic rings. The van der Waals surface area contributed by atoms with E-state index in [1.807, 2.05) is 7.11 Å². The Kier molecular flexibility index (Phi) is 3.93. The lowest BCUT2D eigenvalue weighted by Gasteiger charge is -2.56. The van der Waals surface area contributed by atoms with E-state index in [0.717, 1.165) is 17.9 Å². The van der Waals surface area contributed by atoms with Crippen LogP contribution in [0.4, 0.5) is 0 Å². The van der Waals surface area contributed by atoms with Crippen LogP contribution in [0.15, 0.2) is 6.07 Å². The SMILES string of the molecule is COc1cc2c(c(OC)c1C(C)C)C[C@]1(C)CCC[C@@]2(C)C1C. The van der Waals surface area contributed by atoms with Crippen LogP contribution in [0.5, 0.6) is 11.5 Å². The van der Waals surface area contributed by atoms with Crippen LogP contribution in [-0.4, -0.2) is 14.2 Å². The van der Waals surface area contributed by atoms with E-state index in [1.54, 1.807) is 7.11 Å². The van der Waals surface area contributed by atoms with Crippen LogP contribution >= 0.6 is 0 Å². The molecular weight excluding hydrogens is 284 g/mol. The van der Waals surface area contributed by atoms with Crippen molar-refractivity contribution in [2.45, 2.75) is 71.6 Å². The molecule has 1 unspecified atom stereocenters. The summed E-state index contributed by atoms with van der Waals surface area (Å²) in [6.45, 7) is 11.8. The predicted molar refractivity (Wildman–Crippen MR) is 95.8 cm³/mol. The molecule has 23 heavy (non-hydrogen) atoms. The second-order valence-corrected chi connectivity index (χ2v) is 8.53. The molecule has 0 N–H and O–H groups in total. The third kappa shape index (κ3) is 2.21. The highest BCUT2D eigenvalue weighted by Gasteiger charge is 2.52. The maximum atomic E-state index is 5.96. The Morgan fingerprint density at radius 3 is 2.39 bits per heavy atom. The van der Waals surface area contributed by atoms with E-state index in [0.29, 0.717) is 17.3 Å². The molecule has 2 nitrogen and oxygen atoms in total. The number of ether oxygens (including phenoxy) is 2. The van der Waals surface area contributed by atoms with E-state index in [-0.39, 0.29) is 5.41 Å². The molecule has 0 spiro atoms. The highest BCUT2D eigenvalue weighted by molar-refractivity contribution is 5.59. The van der Waals surface area contributed by atoms with Gasteiger partial charge in [0.15, 0.2) is 0 Å². The Balaban J connectivity index is 2.32. The van der Waals surface area contributed by atoms with Gasteiger partial charge in [-0.15, -0.1) is 0 Å². The first-order valence-corrected chi connectivity index (χ1v) is 9.06. The Labute approximate surface area is 141 Å². The minimum Gasteiger partial charge on any atom is -0.496 e. The van der Waals surface area contributed by atoms with Gasteiger partial charge < -0.3 is 9.47 Å². The Hall–Kier alpha value is -1.18. The molecule has 1 fully saturated rings.